The van der Waals surface area contributed by atoms with E-state index in [1.54, 1.807) is 11.3 Å². The lowest BCUT2D eigenvalue weighted by molar-refractivity contribution is 0.660. The fourth-order valence-corrected chi connectivity index (χ4v) is 2.20. The molecule has 0 aliphatic heterocycles. The van der Waals surface area contributed by atoms with Crippen LogP contribution in [-0.4, -0.2) is 6.54 Å². The van der Waals surface area contributed by atoms with Crippen LogP contribution < -0.4 is 5.32 Å². The minimum Gasteiger partial charge on any atom is -0.313 e. The predicted octanol–water partition coefficient (Wildman–Crippen LogP) is 3.01. The Balaban J connectivity index is 2.10. The van der Waals surface area contributed by atoms with Gasteiger partial charge in [-0.15, -0.1) is 23.7 Å². The van der Waals surface area contributed by atoms with Crippen molar-refractivity contribution < 1.29 is 0 Å². The summed E-state index contributed by atoms with van der Waals surface area (Å²) in [7, 11) is 0. The molecule has 1 rings (SSSR count). The summed E-state index contributed by atoms with van der Waals surface area (Å²) >= 11 is 5.15. The fourth-order valence-electron chi connectivity index (χ4n) is 0.987. The van der Waals surface area contributed by atoms with Gasteiger partial charge in [0.25, 0.3) is 0 Å². The Morgan fingerprint density at radius 2 is 2.46 bits per heavy atom. The number of unbranched alkanes of at least 4 members (excludes halogenated alkanes) is 1. The Bertz CT molecular complexity index is 287. The lowest BCUT2D eigenvalue weighted by atomic mass is 10.3. The molecular formula is C10H12BrNS. The average molecular weight is 258 g/mol. The van der Waals surface area contributed by atoms with E-state index < -0.39 is 0 Å². The van der Waals surface area contributed by atoms with Crippen LogP contribution in [0.5, 0.6) is 0 Å². The van der Waals surface area contributed by atoms with Crippen LogP contribution in [0.15, 0.2) is 15.2 Å². The maximum atomic E-state index is 5.14. The zero-order valence-electron chi connectivity index (χ0n) is 7.35. The predicted molar refractivity (Wildman–Crippen MR) is 61.8 cm³/mol. The summed E-state index contributed by atoms with van der Waals surface area (Å²) in [6.45, 7) is 1.93. The van der Waals surface area contributed by atoms with Gasteiger partial charge in [-0.05, 0) is 45.9 Å². The molecule has 0 spiro atoms. The molecule has 3 heteroatoms. The number of terminal acetylenes is 1. The third-order valence-electron chi connectivity index (χ3n) is 1.63. The minimum absolute atomic E-state index is 0.861. The fraction of sp³-hybridized carbons (Fsp3) is 0.400. The smallest absolute Gasteiger partial charge is 0.0701 e. The van der Waals surface area contributed by atoms with Crippen molar-refractivity contribution in [2.24, 2.45) is 0 Å². The molecule has 70 valence electrons. The van der Waals surface area contributed by atoms with Crippen molar-refractivity contribution in [1.29, 1.82) is 0 Å². The molecule has 1 heterocycles. The normalized spacial score (nSPS) is 9.85. The van der Waals surface area contributed by atoms with Gasteiger partial charge in [0.15, 0.2) is 0 Å². The first-order chi connectivity index (χ1) is 6.33. The summed E-state index contributed by atoms with van der Waals surface area (Å²) in [6.07, 6.45) is 7.06. The topological polar surface area (TPSA) is 12.0 Å². The first-order valence-electron chi connectivity index (χ1n) is 4.20. The summed E-state index contributed by atoms with van der Waals surface area (Å²) in [5, 5.41) is 5.49. The maximum Gasteiger partial charge on any atom is 0.0701 e. The molecule has 0 radical (unpaired) electrons. The van der Waals surface area contributed by atoms with E-state index in [0.717, 1.165) is 25.9 Å². The highest BCUT2D eigenvalue weighted by Crippen LogP contribution is 2.20. The average Bonchev–Trinajstić information content (AvgIpc) is 2.51. The second kappa shape index (κ2) is 6.20. The molecule has 0 saturated heterocycles. The van der Waals surface area contributed by atoms with Gasteiger partial charge in [0.2, 0.25) is 0 Å². The summed E-state index contributed by atoms with van der Waals surface area (Å²) in [6, 6.07) is 2.14. The highest BCUT2D eigenvalue weighted by Gasteiger charge is 1.95. The van der Waals surface area contributed by atoms with E-state index in [0.29, 0.717) is 0 Å². The van der Waals surface area contributed by atoms with Crippen molar-refractivity contribution in [3.8, 4) is 12.3 Å². The zero-order chi connectivity index (χ0) is 9.52. The van der Waals surface area contributed by atoms with Gasteiger partial charge in [0, 0.05) is 13.0 Å². The molecule has 1 nitrogen and oxygen atoms in total. The van der Waals surface area contributed by atoms with Crippen molar-refractivity contribution in [3.05, 3.63) is 20.8 Å². The Labute approximate surface area is 91.7 Å². The molecule has 0 aliphatic carbocycles. The molecular weight excluding hydrogens is 246 g/mol. The van der Waals surface area contributed by atoms with E-state index >= 15 is 0 Å². The Morgan fingerprint density at radius 1 is 1.62 bits per heavy atom. The second-order valence-corrected chi connectivity index (χ2v) is 5.03. The summed E-state index contributed by atoms with van der Waals surface area (Å²) in [5.41, 5.74) is 1.33. The molecule has 0 atom stereocenters. The monoisotopic (exact) mass is 257 g/mol. The van der Waals surface area contributed by atoms with Crippen molar-refractivity contribution in [2.75, 3.05) is 6.54 Å². The molecule has 1 N–H and O–H groups in total. The van der Waals surface area contributed by atoms with E-state index in [2.05, 4.69) is 38.6 Å². The number of nitrogens with one attached hydrogen (secondary N) is 1. The second-order valence-electron chi connectivity index (χ2n) is 2.74. The molecule has 0 unspecified atom stereocenters. The van der Waals surface area contributed by atoms with Crippen molar-refractivity contribution in [3.63, 3.8) is 0 Å². The lowest BCUT2D eigenvalue weighted by Crippen LogP contribution is -2.13. The number of rotatable bonds is 5. The van der Waals surface area contributed by atoms with Crippen molar-refractivity contribution >= 4 is 27.3 Å². The van der Waals surface area contributed by atoms with Gasteiger partial charge in [-0.3, -0.25) is 0 Å². The number of hydrogen-bond acceptors (Lipinski definition) is 2. The standard InChI is InChI=1S/C10H12BrNS/c1-2-3-4-5-12-7-9-6-10(11)13-8-9/h1,6,8,12H,3-5,7H2. The Morgan fingerprint density at radius 3 is 3.08 bits per heavy atom. The van der Waals surface area contributed by atoms with Gasteiger partial charge in [-0.25, -0.2) is 0 Å². The Hall–Kier alpha value is -0.300. The highest BCUT2D eigenvalue weighted by molar-refractivity contribution is 9.11. The quantitative estimate of drug-likeness (QED) is 0.632. The molecule has 0 aromatic carbocycles. The van der Waals surface area contributed by atoms with Crippen LogP contribution in [0.1, 0.15) is 18.4 Å². The number of hydrogen-bond donors (Lipinski definition) is 1. The van der Waals surface area contributed by atoms with Crippen molar-refractivity contribution in [1.82, 2.24) is 5.32 Å². The maximum absolute atomic E-state index is 5.14. The van der Waals surface area contributed by atoms with Crippen LogP contribution in [-0.2, 0) is 6.54 Å². The molecule has 0 fully saturated rings. The summed E-state index contributed by atoms with van der Waals surface area (Å²) in [4.78, 5) is 0. The van der Waals surface area contributed by atoms with E-state index in [1.807, 2.05) is 0 Å². The molecule has 0 aliphatic rings. The number of thiophene rings is 1. The molecule has 1 aromatic rings. The van der Waals surface area contributed by atoms with Crippen LogP contribution in [0, 0.1) is 12.3 Å². The molecule has 13 heavy (non-hydrogen) atoms. The van der Waals surface area contributed by atoms with E-state index in [9.17, 15) is 0 Å². The third kappa shape index (κ3) is 4.47. The molecule has 0 amide bonds. The van der Waals surface area contributed by atoms with E-state index in [4.69, 9.17) is 6.42 Å². The van der Waals surface area contributed by atoms with Crippen molar-refractivity contribution in [2.45, 2.75) is 19.4 Å². The van der Waals surface area contributed by atoms with Gasteiger partial charge >= 0.3 is 0 Å². The third-order valence-corrected chi connectivity index (χ3v) is 3.18. The van der Waals surface area contributed by atoms with Gasteiger partial charge < -0.3 is 5.32 Å². The van der Waals surface area contributed by atoms with Gasteiger partial charge in [-0.1, -0.05) is 0 Å². The van der Waals surface area contributed by atoms with Gasteiger partial charge in [-0.2, -0.15) is 0 Å². The lowest BCUT2D eigenvalue weighted by Gasteiger charge is -1.99. The molecule has 0 saturated carbocycles. The SMILES string of the molecule is C#CCCCNCc1csc(Br)c1. The first-order valence-corrected chi connectivity index (χ1v) is 5.87. The summed E-state index contributed by atoms with van der Waals surface area (Å²) in [5.74, 6) is 2.63. The highest BCUT2D eigenvalue weighted by atomic mass is 79.9. The largest absolute Gasteiger partial charge is 0.313 e. The minimum atomic E-state index is 0.861. The Kier molecular flexibility index (Phi) is 5.14. The van der Waals surface area contributed by atoms with Gasteiger partial charge in [0.1, 0.15) is 0 Å². The van der Waals surface area contributed by atoms with Crippen LogP contribution >= 0.6 is 27.3 Å². The van der Waals surface area contributed by atoms with Crippen LogP contribution in [0.4, 0.5) is 0 Å². The number of halogens is 1. The van der Waals surface area contributed by atoms with Crippen LogP contribution in [0.2, 0.25) is 0 Å². The van der Waals surface area contributed by atoms with Crippen LogP contribution in [0.3, 0.4) is 0 Å². The first kappa shape index (κ1) is 10.8. The molecule has 1 aromatic heterocycles. The zero-order valence-corrected chi connectivity index (χ0v) is 9.75. The van der Waals surface area contributed by atoms with Gasteiger partial charge in [0.05, 0.1) is 3.79 Å². The summed E-state index contributed by atoms with van der Waals surface area (Å²) < 4.78 is 1.19. The van der Waals surface area contributed by atoms with E-state index in [-0.39, 0.29) is 0 Å². The van der Waals surface area contributed by atoms with Crippen LogP contribution in [0.25, 0.3) is 0 Å². The van der Waals surface area contributed by atoms with E-state index in [1.165, 1.54) is 9.35 Å². The molecule has 0 bridgehead atoms.